The Bertz CT molecular complexity index is 958. The van der Waals surface area contributed by atoms with Gasteiger partial charge >= 0.3 is 5.97 Å². The number of piperidine rings is 1. The third-order valence-electron chi connectivity index (χ3n) is 5.25. The van der Waals surface area contributed by atoms with E-state index in [2.05, 4.69) is 0 Å². The fourth-order valence-corrected chi connectivity index (χ4v) is 3.94. The molecule has 2 heterocycles. The third kappa shape index (κ3) is 3.55. The Hall–Kier alpha value is -2.79. The SMILES string of the molecule is O=C(O)C1CCCCN1C(c1ccc(F)cc1)c1ccc2ccccc2n1. The molecule has 2 unspecified atom stereocenters. The summed E-state index contributed by atoms with van der Waals surface area (Å²) in [7, 11) is 0. The topological polar surface area (TPSA) is 53.4 Å². The van der Waals surface area contributed by atoms with Crippen molar-refractivity contribution in [2.75, 3.05) is 6.54 Å². The van der Waals surface area contributed by atoms with Gasteiger partial charge in [0.05, 0.1) is 17.3 Å². The van der Waals surface area contributed by atoms with Crippen molar-refractivity contribution >= 4 is 16.9 Å². The molecule has 1 N–H and O–H groups in total. The smallest absolute Gasteiger partial charge is 0.320 e. The molecular formula is C22H21FN2O2. The van der Waals surface area contributed by atoms with Crippen molar-refractivity contribution in [1.82, 2.24) is 9.88 Å². The first-order valence-electron chi connectivity index (χ1n) is 9.23. The molecule has 2 aromatic carbocycles. The number of nitrogens with zero attached hydrogens (tertiary/aromatic N) is 2. The molecule has 0 bridgehead atoms. The maximum Gasteiger partial charge on any atom is 0.320 e. The monoisotopic (exact) mass is 364 g/mol. The number of aliphatic carboxylic acids is 1. The molecule has 4 nitrogen and oxygen atoms in total. The summed E-state index contributed by atoms with van der Waals surface area (Å²) in [6.45, 7) is 0.674. The van der Waals surface area contributed by atoms with Gasteiger partial charge in [0.2, 0.25) is 0 Å². The lowest BCUT2D eigenvalue weighted by atomic mass is 9.94. The van der Waals surface area contributed by atoms with Gasteiger partial charge in [-0.3, -0.25) is 14.7 Å². The van der Waals surface area contributed by atoms with Crippen LogP contribution in [0.15, 0.2) is 60.7 Å². The Balaban J connectivity index is 1.83. The van der Waals surface area contributed by atoms with E-state index in [1.807, 2.05) is 41.3 Å². The Morgan fingerprint density at radius 2 is 1.85 bits per heavy atom. The number of rotatable bonds is 4. The maximum atomic E-state index is 13.5. The van der Waals surface area contributed by atoms with Gasteiger partial charge in [-0.2, -0.15) is 0 Å². The van der Waals surface area contributed by atoms with Crippen molar-refractivity contribution in [1.29, 1.82) is 0 Å². The average molecular weight is 364 g/mol. The number of carbonyl (C=O) groups is 1. The van der Waals surface area contributed by atoms with Crippen molar-refractivity contribution in [3.8, 4) is 0 Å². The number of carboxylic acids is 1. The van der Waals surface area contributed by atoms with Crippen LogP contribution in [0.25, 0.3) is 10.9 Å². The molecule has 0 aliphatic carbocycles. The Morgan fingerprint density at radius 1 is 1.07 bits per heavy atom. The summed E-state index contributed by atoms with van der Waals surface area (Å²) < 4.78 is 13.5. The molecule has 0 amide bonds. The summed E-state index contributed by atoms with van der Waals surface area (Å²) in [6.07, 6.45) is 2.45. The standard InChI is InChI=1S/C22H21FN2O2/c23-17-11-8-16(9-12-17)21(25-14-4-3-7-20(25)22(26)27)19-13-10-15-5-1-2-6-18(15)24-19/h1-2,5-6,8-13,20-21H,3-4,7,14H2,(H,26,27). The van der Waals surface area contributed by atoms with Gasteiger partial charge in [-0.25, -0.2) is 4.39 Å². The molecule has 138 valence electrons. The van der Waals surface area contributed by atoms with E-state index >= 15 is 0 Å². The van der Waals surface area contributed by atoms with E-state index in [0.717, 1.165) is 35.0 Å². The van der Waals surface area contributed by atoms with E-state index in [9.17, 15) is 14.3 Å². The molecule has 3 aromatic rings. The van der Waals surface area contributed by atoms with Crippen LogP contribution in [0.2, 0.25) is 0 Å². The molecule has 27 heavy (non-hydrogen) atoms. The molecule has 4 rings (SSSR count). The van der Waals surface area contributed by atoms with Crippen LogP contribution < -0.4 is 0 Å². The lowest BCUT2D eigenvalue weighted by Crippen LogP contribution is -2.47. The average Bonchev–Trinajstić information content (AvgIpc) is 2.70. The maximum absolute atomic E-state index is 13.5. The molecule has 1 fully saturated rings. The van der Waals surface area contributed by atoms with Crippen LogP contribution in [-0.2, 0) is 4.79 Å². The van der Waals surface area contributed by atoms with Gasteiger partial charge in [-0.1, -0.05) is 42.8 Å². The molecule has 0 spiro atoms. The van der Waals surface area contributed by atoms with Gasteiger partial charge in [0, 0.05) is 5.39 Å². The first-order valence-corrected chi connectivity index (χ1v) is 9.23. The van der Waals surface area contributed by atoms with Crippen molar-refractivity contribution in [2.45, 2.75) is 31.3 Å². The second kappa shape index (κ2) is 7.45. The second-order valence-electron chi connectivity index (χ2n) is 6.97. The van der Waals surface area contributed by atoms with Gasteiger partial charge in [-0.05, 0) is 49.2 Å². The number of pyridine rings is 1. The minimum Gasteiger partial charge on any atom is -0.480 e. The Kier molecular flexibility index (Phi) is 4.86. The van der Waals surface area contributed by atoms with E-state index in [1.165, 1.54) is 12.1 Å². The molecule has 0 saturated carbocycles. The lowest BCUT2D eigenvalue weighted by Gasteiger charge is -2.39. The van der Waals surface area contributed by atoms with Crippen molar-refractivity contribution < 1.29 is 14.3 Å². The molecule has 0 radical (unpaired) electrons. The van der Waals surface area contributed by atoms with Crippen LogP contribution >= 0.6 is 0 Å². The zero-order valence-corrected chi connectivity index (χ0v) is 14.9. The summed E-state index contributed by atoms with van der Waals surface area (Å²) in [4.78, 5) is 18.7. The summed E-state index contributed by atoms with van der Waals surface area (Å²) in [6, 6.07) is 17.2. The van der Waals surface area contributed by atoms with Gasteiger partial charge in [0.15, 0.2) is 0 Å². The fourth-order valence-electron chi connectivity index (χ4n) is 3.94. The number of aromatic nitrogens is 1. The van der Waals surface area contributed by atoms with Gasteiger partial charge < -0.3 is 5.11 Å². The number of likely N-dealkylation sites (tertiary alicyclic amines) is 1. The highest BCUT2D eigenvalue weighted by molar-refractivity contribution is 5.78. The number of para-hydroxylation sites is 1. The van der Waals surface area contributed by atoms with Gasteiger partial charge in [-0.15, -0.1) is 0 Å². The van der Waals surface area contributed by atoms with Crippen LogP contribution in [0.1, 0.15) is 36.6 Å². The highest BCUT2D eigenvalue weighted by Gasteiger charge is 2.35. The van der Waals surface area contributed by atoms with E-state index in [-0.39, 0.29) is 11.9 Å². The zero-order chi connectivity index (χ0) is 18.8. The lowest BCUT2D eigenvalue weighted by molar-refractivity contribution is -0.145. The Morgan fingerprint density at radius 3 is 2.63 bits per heavy atom. The number of hydrogen-bond donors (Lipinski definition) is 1. The second-order valence-corrected chi connectivity index (χ2v) is 6.97. The third-order valence-corrected chi connectivity index (χ3v) is 5.25. The minimum atomic E-state index is -0.817. The van der Waals surface area contributed by atoms with Crippen LogP contribution in [0.4, 0.5) is 4.39 Å². The van der Waals surface area contributed by atoms with Crippen LogP contribution in [0, 0.1) is 5.82 Å². The predicted molar refractivity (Wildman–Crippen MR) is 102 cm³/mol. The first kappa shape index (κ1) is 17.6. The van der Waals surface area contributed by atoms with E-state index < -0.39 is 12.0 Å². The first-order chi connectivity index (χ1) is 13.1. The molecule has 2 atom stereocenters. The fraction of sp³-hybridized carbons (Fsp3) is 0.273. The van der Waals surface area contributed by atoms with E-state index in [1.54, 1.807) is 12.1 Å². The zero-order valence-electron chi connectivity index (χ0n) is 14.9. The summed E-state index contributed by atoms with van der Waals surface area (Å²) in [5, 5.41) is 10.8. The van der Waals surface area contributed by atoms with Crippen LogP contribution in [-0.4, -0.2) is 33.5 Å². The van der Waals surface area contributed by atoms with Crippen molar-refractivity contribution in [2.24, 2.45) is 0 Å². The number of benzene rings is 2. The van der Waals surface area contributed by atoms with Crippen LogP contribution in [0.3, 0.4) is 0 Å². The molecule has 1 aromatic heterocycles. The van der Waals surface area contributed by atoms with Crippen LogP contribution in [0.5, 0.6) is 0 Å². The summed E-state index contributed by atoms with van der Waals surface area (Å²) in [5.41, 5.74) is 2.51. The summed E-state index contributed by atoms with van der Waals surface area (Å²) in [5.74, 6) is -1.12. The largest absolute Gasteiger partial charge is 0.480 e. The Labute approximate surface area is 157 Å². The van der Waals surface area contributed by atoms with E-state index in [4.69, 9.17) is 4.98 Å². The van der Waals surface area contributed by atoms with Gasteiger partial charge in [0.1, 0.15) is 11.9 Å². The highest BCUT2D eigenvalue weighted by atomic mass is 19.1. The normalized spacial score (nSPS) is 19.1. The van der Waals surface area contributed by atoms with E-state index in [0.29, 0.717) is 13.0 Å². The molecular weight excluding hydrogens is 343 g/mol. The quantitative estimate of drug-likeness (QED) is 0.745. The highest BCUT2D eigenvalue weighted by Crippen LogP contribution is 2.34. The van der Waals surface area contributed by atoms with Crippen molar-refractivity contribution in [3.05, 3.63) is 77.7 Å². The number of fused-ring (bicyclic) bond motifs is 1. The number of carboxylic acid groups (broad SMARTS) is 1. The summed E-state index contributed by atoms with van der Waals surface area (Å²) >= 11 is 0. The van der Waals surface area contributed by atoms with Gasteiger partial charge in [0.25, 0.3) is 0 Å². The number of halogens is 1. The minimum absolute atomic E-state index is 0.308. The number of hydrogen-bond acceptors (Lipinski definition) is 3. The molecule has 1 saturated heterocycles. The molecule has 1 aliphatic rings. The van der Waals surface area contributed by atoms with Crippen molar-refractivity contribution in [3.63, 3.8) is 0 Å². The molecule has 1 aliphatic heterocycles. The molecule has 5 heteroatoms. The predicted octanol–water partition coefficient (Wildman–Crippen LogP) is 4.40.